The fourth-order valence-corrected chi connectivity index (χ4v) is 5.05. The van der Waals surface area contributed by atoms with Crippen molar-refractivity contribution >= 4 is 16.9 Å². The van der Waals surface area contributed by atoms with Crippen LogP contribution in [0.25, 0.3) is 11.0 Å². The summed E-state index contributed by atoms with van der Waals surface area (Å²) in [7, 11) is 1.90. The zero-order chi connectivity index (χ0) is 22.1. The van der Waals surface area contributed by atoms with Gasteiger partial charge in [-0.1, -0.05) is 6.42 Å². The molecule has 1 saturated heterocycles. The van der Waals surface area contributed by atoms with Crippen LogP contribution in [-0.4, -0.2) is 60.1 Å². The number of aromatic nitrogens is 6. The summed E-state index contributed by atoms with van der Waals surface area (Å²) in [6, 6.07) is 2.21. The first-order chi connectivity index (χ1) is 15.6. The van der Waals surface area contributed by atoms with Gasteiger partial charge in [0.2, 0.25) is 0 Å². The summed E-state index contributed by atoms with van der Waals surface area (Å²) in [4.78, 5) is 24.2. The van der Waals surface area contributed by atoms with E-state index in [9.17, 15) is 4.79 Å². The molecule has 0 amide bonds. The van der Waals surface area contributed by atoms with Gasteiger partial charge in [0, 0.05) is 32.2 Å². The molecule has 1 N–H and O–H groups in total. The van der Waals surface area contributed by atoms with Crippen LogP contribution in [0.2, 0.25) is 0 Å². The predicted octanol–water partition coefficient (Wildman–Crippen LogP) is 2.07. The molecule has 5 rings (SSSR count). The molecule has 9 nitrogen and oxygen atoms in total. The Kier molecular flexibility index (Phi) is 5.91. The average Bonchev–Trinajstić information content (AvgIpc) is 3.17. The molecule has 0 aromatic carbocycles. The van der Waals surface area contributed by atoms with Crippen LogP contribution < -0.4 is 10.9 Å². The highest BCUT2D eigenvalue weighted by Crippen LogP contribution is 2.22. The zero-order valence-electron chi connectivity index (χ0n) is 19.0. The molecule has 1 unspecified atom stereocenters. The van der Waals surface area contributed by atoms with Gasteiger partial charge in [-0.25, -0.2) is 14.6 Å². The Morgan fingerprint density at radius 3 is 2.91 bits per heavy atom. The van der Waals surface area contributed by atoms with Gasteiger partial charge in [-0.2, -0.15) is 10.2 Å². The molecule has 9 heteroatoms. The Balaban J connectivity index is 1.27. The second kappa shape index (κ2) is 8.97. The highest BCUT2D eigenvalue weighted by atomic mass is 16.1. The number of anilines is 1. The van der Waals surface area contributed by atoms with E-state index in [2.05, 4.69) is 25.3 Å². The van der Waals surface area contributed by atoms with Gasteiger partial charge >= 0.3 is 0 Å². The summed E-state index contributed by atoms with van der Waals surface area (Å²) in [5, 5.41) is 13.5. The Labute approximate surface area is 187 Å². The minimum atomic E-state index is 0.0350. The van der Waals surface area contributed by atoms with Crippen molar-refractivity contribution in [2.45, 2.75) is 64.5 Å². The van der Waals surface area contributed by atoms with Gasteiger partial charge in [-0.3, -0.25) is 14.4 Å². The molecule has 1 aliphatic carbocycles. The van der Waals surface area contributed by atoms with Crippen molar-refractivity contribution in [2.75, 3.05) is 25.0 Å². The van der Waals surface area contributed by atoms with Crippen molar-refractivity contribution in [1.29, 1.82) is 0 Å². The number of aryl methyl sites for hydroxylation is 4. The highest BCUT2D eigenvalue weighted by molar-refractivity contribution is 5.86. The summed E-state index contributed by atoms with van der Waals surface area (Å²) in [6.07, 6.45) is 9.71. The predicted molar refractivity (Wildman–Crippen MR) is 124 cm³/mol. The fourth-order valence-electron chi connectivity index (χ4n) is 5.05. The first-order valence-electron chi connectivity index (χ1n) is 11.8. The van der Waals surface area contributed by atoms with Crippen LogP contribution in [0.1, 0.15) is 49.2 Å². The average molecular weight is 437 g/mol. The van der Waals surface area contributed by atoms with Crippen LogP contribution in [0.5, 0.6) is 0 Å². The van der Waals surface area contributed by atoms with E-state index >= 15 is 0 Å². The van der Waals surface area contributed by atoms with E-state index in [1.54, 1.807) is 9.36 Å². The van der Waals surface area contributed by atoms with E-state index in [-0.39, 0.29) is 5.56 Å². The van der Waals surface area contributed by atoms with Crippen LogP contribution in [0.15, 0.2) is 17.1 Å². The molecule has 3 aromatic heterocycles. The van der Waals surface area contributed by atoms with E-state index in [4.69, 9.17) is 5.10 Å². The summed E-state index contributed by atoms with van der Waals surface area (Å²) >= 11 is 0. The van der Waals surface area contributed by atoms with Crippen molar-refractivity contribution in [3.05, 3.63) is 39.7 Å². The zero-order valence-corrected chi connectivity index (χ0v) is 19.0. The molecule has 0 bridgehead atoms. The number of nitrogens with zero attached hydrogens (tertiary/aromatic N) is 7. The third kappa shape index (κ3) is 4.26. The molecular weight excluding hydrogens is 404 g/mol. The first-order valence-corrected chi connectivity index (χ1v) is 11.8. The number of hydrogen-bond acceptors (Lipinski definition) is 7. The molecule has 0 radical (unpaired) electrons. The summed E-state index contributed by atoms with van der Waals surface area (Å²) in [6.45, 7) is 5.25. The van der Waals surface area contributed by atoms with E-state index < -0.39 is 0 Å². The number of fused-ring (bicyclic) bond motifs is 2. The number of hydrogen-bond donors (Lipinski definition) is 1. The Bertz CT molecular complexity index is 1170. The van der Waals surface area contributed by atoms with Crippen LogP contribution >= 0.6 is 0 Å². The van der Waals surface area contributed by atoms with E-state index in [0.717, 1.165) is 79.3 Å². The summed E-state index contributed by atoms with van der Waals surface area (Å²) < 4.78 is 3.46. The van der Waals surface area contributed by atoms with E-state index in [1.807, 2.05) is 26.2 Å². The normalized spacial score (nSPS) is 19.2. The van der Waals surface area contributed by atoms with Gasteiger partial charge in [0.15, 0.2) is 5.65 Å². The van der Waals surface area contributed by atoms with Gasteiger partial charge in [-0.15, -0.1) is 0 Å². The molecule has 1 fully saturated rings. The Morgan fingerprint density at radius 1 is 1.12 bits per heavy atom. The number of rotatable bonds is 6. The molecule has 4 heterocycles. The van der Waals surface area contributed by atoms with E-state index in [0.29, 0.717) is 12.6 Å². The standard InChI is InChI=1S/C23H32N8O/c1-16-26-22(19-15-25-29(2)23(19)27-16)24-14-18-8-5-6-10-30(18)11-12-31-21(32)13-17-7-3-4-9-20(17)28-31/h13,15,18H,3-12,14H2,1-2H3,(H,24,26,27). The summed E-state index contributed by atoms with van der Waals surface area (Å²) in [5.74, 6) is 1.58. The van der Waals surface area contributed by atoms with Gasteiger partial charge in [0.1, 0.15) is 11.6 Å². The van der Waals surface area contributed by atoms with Crippen molar-refractivity contribution in [2.24, 2.45) is 7.05 Å². The lowest BCUT2D eigenvalue weighted by Gasteiger charge is -2.36. The molecular formula is C23H32N8O. The van der Waals surface area contributed by atoms with E-state index in [1.165, 1.54) is 19.3 Å². The SMILES string of the molecule is Cc1nc(NCC2CCCCN2CCn2nc3c(cc2=O)CCCC3)c2cnn(C)c2n1. The van der Waals surface area contributed by atoms with Crippen LogP contribution in [0, 0.1) is 6.92 Å². The second-order valence-electron chi connectivity index (χ2n) is 9.08. The highest BCUT2D eigenvalue weighted by Gasteiger charge is 2.23. The summed E-state index contributed by atoms with van der Waals surface area (Å²) in [5.41, 5.74) is 3.15. The van der Waals surface area contributed by atoms with Crippen LogP contribution in [0.4, 0.5) is 5.82 Å². The van der Waals surface area contributed by atoms with Gasteiger partial charge in [0.05, 0.1) is 23.8 Å². The van der Waals surface area contributed by atoms with Crippen molar-refractivity contribution in [3.8, 4) is 0 Å². The quantitative estimate of drug-likeness (QED) is 0.632. The number of piperidine rings is 1. The molecule has 1 aliphatic heterocycles. The number of likely N-dealkylation sites (tertiary alicyclic amines) is 1. The fraction of sp³-hybridized carbons (Fsp3) is 0.609. The lowest BCUT2D eigenvalue weighted by Crippen LogP contribution is -2.46. The lowest BCUT2D eigenvalue weighted by molar-refractivity contribution is 0.147. The Morgan fingerprint density at radius 2 is 2.00 bits per heavy atom. The molecule has 170 valence electrons. The minimum Gasteiger partial charge on any atom is -0.368 e. The molecule has 2 aliphatic rings. The van der Waals surface area contributed by atoms with Crippen molar-refractivity contribution in [3.63, 3.8) is 0 Å². The monoisotopic (exact) mass is 436 g/mol. The maximum absolute atomic E-state index is 12.6. The van der Waals surface area contributed by atoms with Gasteiger partial charge in [-0.05, 0) is 57.6 Å². The third-order valence-electron chi connectivity index (χ3n) is 6.83. The van der Waals surface area contributed by atoms with Gasteiger partial charge in [0.25, 0.3) is 5.56 Å². The van der Waals surface area contributed by atoms with Crippen LogP contribution in [0.3, 0.4) is 0 Å². The van der Waals surface area contributed by atoms with Crippen molar-refractivity contribution in [1.82, 2.24) is 34.4 Å². The van der Waals surface area contributed by atoms with Crippen LogP contribution in [-0.2, 0) is 26.4 Å². The molecule has 32 heavy (non-hydrogen) atoms. The molecule has 0 spiro atoms. The van der Waals surface area contributed by atoms with Crippen molar-refractivity contribution < 1.29 is 0 Å². The molecule has 3 aromatic rings. The smallest absolute Gasteiger partial charge is 0.267 e. The topological polar surface area (TPSA) is 93.8 Å². The molecule has 0 saturated carbocycles. The lowest BCUT2D eigenvalue weighted by atomic mass is 9.97. The van der Waals surface area contributed by atoms with Gasteiger partial charge < -0.3 is 5.32 Å². The maximum Gasteiger partial charge on any atom is 0.267 e. The third-order valence-corrected chi connectivity index (χ3v) is 6.83. The first kappa shape index (κ1) is 21.1. The Hall–Kier alpha value is -2.81. The largest absolute Gasteiger partial charge is 0.368 e. The maximum atomic E-state index is 12.6. The number of nitrogens with one attached hydrogen (secondary N) is 1. The second-order valence-corrected chi connectivity index (χ2v) is 9.08. The minimum absolute atomic E-state index is 0.0350. The molecule has 1 atom stereocenters.